The summed E-state index contributed by atoms with van der Waals surface area (Å²) < 4.78 is 0. The summed E-state index contributed by atoms with van der Waals surface area (Å²) in [6, 6.07) is 9.06. The molecule has 2 aliphatic carbocycles. The van der Waals surface area contributed by atoms with E-state index >= 15 is 0 Å². The average molecular weight is 329 g/mol. The van der Waals surface area contributed by atoms with E-state index in [9.17, 15) is 4.79 Å². The van der Waals surface area contributed by atoms with Crippen LogP contribution >= 0.6 is 0 Å². The Hall–Kier alpha value is -1.35. The number of benzene rings is 1. The standard InChI is InChI=1S/C21H31NO2/c1-15(2)17-5-7-18(8-6-17)21(24)22(20-11-12-20)19-9-3-16(4-10-19)13-14-23/h5-8,15-16,19-20,23H,3-4,9-14H2,1-2H3. The molecule has 3 rings (SSSR count). The maximum Gasteiger partial charge on any atom is 0.254 e. The molecule has 1 aromatic rings. The summed E-state index contributed by atoms with van der Waals surface area (Å²) in [4.78, 5) is 15.3. The summed E-state index contributed by atoms with van der Waals surface area (Å²) in [5.41, 5.74) is 2.12. The first-order valence-electron chi connectivity index (χ1n) is 9.63. The van der Waals surface area contributed by atoms with E-state index in [-0.39, 0.29) is 5.91 Å². The van der Waals surface area contributed by atoms with Crippen LogP contribution < -0.4 is 0 Å². The van der Waals surface area contributed by atoms with Crippen LogP contribution in [0.25, 0.3) is 0 Å². The second kappa shape index (κ2) is 7.69. The number of aliphatic hydroxyl groups is 1. The van der Waals surface area contributed by atoms with Gasteiger partial charge in [-0.3, -0.25) is 4.79 Å². The highest BCUT2D eigenvalue weighted by atomic mass is 16.3. The van der Waals surface area contributed by atoms with Crippen molar-refractivity contribution in [1.82, 2.24) is 4.90 Å². The number of amides is 1. The van der Waals surface area contributed by atoms with E-state index in [0.717, 1.165) is 50.5 Å². The zero-order chi connectivity index (χ0) is 17.1. The molecule has 0 radical (unpaired) electrons. The lowest BCUT2D eigenvalue weighted by molar-refractivity contribution is 0.0578. The molecule has 3 nitrogen and oxygen atoms in total. The van der Waals surface area contributed by atoms with Gasteiger partial charge in [-0.15, -0.1) is 0 Å². The Balaban J connectivity index is 1.68. The molecule has 0 spiro atoms. The highest BCUT2D eigenvalue weighted by Gasteiger charge is 2.39. The largest absolute Gasteiger partial charge is 0.396 e. The Kier molecular flexibility index (Phi) is 5.60. The van der Waals surface area contributed by atoms with Gasteiger partial charge < -0.3 is 10.0 Å². The first-order chi connectivity index (χ1) is 11.6. The summed E-state index contributed by atoms with van der Waals surface area (Å²) in [6.07, 6.45) is 7.72. The van der Waals surface area contributed by atoms with Crippen molar-refractivity contribution in [1.29, 1.82) is 0 Å². The molecule has 1 aromatic carbocycles. The molecule has 1 N–H and O–H groups in total. The Bertz CT molecular complexity index is 539. The maximum atomic E-state index is 13.1. The number of carbonyl (C=O) groups excluding carboxylic acids is 1. The minimum absolute atomic E-state index is 0.221. The van der Waals surface area contributed by atoms with Gasteiger partial charge in [0.2, 0.25) is 0 Å². The van der Waals surface area contributed by atoms with Crippen molar-refractivity contribution in [2.24, 2.45) is 5.92 Å². The van der Waals surface area contributed by atoms with E-state index in [2.05, 4.69) is 30.9 Å². The Morgan fingerprint density at radius 2 is 1.58 bits per heavy atom. The van der Waals surface area contributed by atoms with E-state index in [1.165, 1.54) is 5.56 Å². The number of aliphatic hydroxyl groups excluding tert-OH is 1. The van der Waals surface area contributed by atoms with Gasteiger partial charge in [0, 0.05) is 24.3 Å². The molecule has 132 valence electrons. The third-order valence-corrected chi connectivity index (χ3v) is 5.75. The lowest BCUT2D eigenvalue weighted by atomic mass is 9.83. The minimum Gasteiger partial charge on any atom is -0.396 e. The van der Waals surface area contributed by atoms with Gasteiger partial charge in [-0.25, -0.2) is 0 Å². The van der Waals surface area contributed by atoms with Gasteiger partial charge in [-0.2, -0.15) is 0 Å². The van der Waals surface area contributed by atoms with Gasteiger partial charge in [-0.05, 0) is 74.5 Å². The molecule has 0 saturated heterocycles. The fourth-order valence-electron chi connectivity index (χ4n) is 4.04. The summed E-state index contributed by atoms with van der Waals surface area (Å²) in [6.45, 7) is 4.65. The topological polar surface area (TPSA) is 40.5 Å². The van der Waals surface area contributed by atoms with Gasteiger partial charge in [0.1, 0.15) is 0 Å². The van der Waals surface area contributed by atoms with Crippen LogP contribution in [-0.4, -0.2) is 34.6 Å². The molecule has 0 aliphatic heterocycles. The lowest BCUT2D eigenvalue weighted by Crippen LogP contribution is -2.44. The second-order valence-electron chi connectivity index (χ2n) is 7.91. The van der Waals surface area contributed by atoms with Gasteiger partial charge >= 0.3 is 0 Å². The maximum absolute atomic E-state index is 13.1. The summed E-state index contributed by atoms with van der Waals surface area (Å²) in [5.74, 6) is 1.36. The first-order valence-corrected chi connectivity index (χ1v) is 9.63. The fraction of sp³-hybridized carbons (Fsp3) is 0.667. The van der Waals surface area contributed by atoms with E-state index in [1.807, 2.05) is 12.1 Å². The number of rotatable bonds is 6. The van der Waals surface area contributed by atoms with Crippen molar-refractivity contribution in [3.05, 3.63) is 35.4 Å². The quantitative estimate of drug-likeness (QED) is 0.842. The van der Waals surface area contributed by atoms with Crippen LogP contribution in [0.15, 0.2) is 24.3 Å². The molecule has 0 aromatic heterocycles. The van der Waals surface area contributed by atoms with E-state index in [1.54, 1.807) is 0 Å². The Morgan fingerprint density at radius 3 is 2.04 bits per heavy atom. The molecule has 24 heavy (non-hydrogen) atoms. The van der Waals surface area contributed by atoms with E-state index in [4.69, 9.17) is 5.11 Å². The summed E-state index contributed by atoms with van der Waals surface area (Å²) in [5, 5.41) is 9.13. The molecule has 2 aliphatic rings. The molecule has 0 atom stereocenters. The van der Waals surface area contributed by atoms with Crippen molar-refractivity contribution < 1.29 is 9.90 Å². The van der Waals surface area contributed by atoms with Gasteiger partial charge in [-0.1, -0.05) is 26.0 Å². The molecule has 0 heterocycles. The van der Waals surface area contributed by atoms with Crippen LogP contribution in [-0.2, 0) is 0 Å². The zero-order valence-electron chi connectivity index (χ0n) is 15.1. The van der Waals surface area contributed by atoms with Gasteiger partial charge in [0.15, 0.2) is 0 Å². The number of nitrogens with zero attached hydrogens (tertiary/aromatic N) is 1. The van der Waals surface area contributed by atoms with Crippen LogP contribution in [0, 0.1) is 5.92 Å². The molecule has 3 heteroatoms. The average Bonchev–Trinajstić information content (AvgIpc) is 3.42. The van der Waals surface area contributed by atoms with Crippen molar-refractivity contribution in [3.8, 4) is 0 Å². The number of carbonyl (C=O) groups is 1. The highest BCUT2D eigenvalue weighted by Crippen LogP contribution is 2.37. The predicted molar refractivity (Wildman–Crippen MR) is 97.2 cm³/mol. The predicted octanol–water partition coefficient (Wildman–Crippen LogP) is 4.36. The van der Waals surface area contributed by atoms with Crippen LogP contribution in [0.2, 0.25) is 0 Å². The molecule has 2 fully saturated rings. The second-order valence-corrected chi connectivity index (χ2v) is 7.91. The van der Waals surface area contributed by atoms with Crippen molar-refractivity contribution in [2.75, 3.05) is 6.61 Å². The van der Waals surface area contributed by atoms with Crippen LogP contribution in [0.1, 0.15) is 80.6 Å². The van der Waals surface area contributed by atoms with Crippen LogP contribution in [0.3, 0.4) is 0 Å². The van der Waals surface area contributed by atoms with Gasteiger partial charge in [0.25, 0.3) is 5.91 Å². The summed E-state index contributed by atoms with van der Waals surface area (Å²) >= 11 is 0. The smallest absolute Gasteiger partial charge is 0.254 e. The SMILES string of the molecule is CC(C)c1ccc(C(=O)N(C2CCC(CCO)CC2)C2CC2)cc1. The third kappa shape index (κ3) is 4.00. The van der Waals surface area contributed by atoms with Crippen molar-refractivity contribution in [2.45, 2.75) is 76.8 Å². The zero-order valence-corrected chi connectivity index (χ0v) is 15.1. The highest BCUT2D eigenvalue weighted by molar-refractivity contribution is 5.95. The molecular formula is C21H31NO2. The molecular weight excluding hydrogens is 298 g/mol. The normalized spacial score (nSPS) is 24.2. The Morgan fingerprint density at radius 1 is 1.04 bits per heavy atom. The Labute approximate surface area is 146 Å². The number of hydrogen-bond donors (Lipinski definition) is 1. The van der Waals surface area contributed by atoms with Gasteiger partial charge in [0.05, 0.1) is 0 Å². The number of hydrogen-bond acceptors (Lipinski definition) is 2. The molecule has 0 bridgehead atoms. The first kappa shape index (κ1) is 17.5. The van der Waals surface area contributed by atoms with Crippen molar-refractivity contribution >= 4 is 5.91 Å². The fourth-order valence-corrected chi connectivity index (χ4v) is 4.04. The minimum atomic E-state index is 0.221. The van der Waals surface area contributed by atoms with Crippen LogP contribution in [0.5, 0.6) is 0 Å². The molecule has 0 unspecified atom stereocenters. The summed E-state index contributed by atoms with van der Waals surface area (Å²) in [7, 11) is 0. The third-order valence-electron chi connectivity index (χ3n) is 5.75. The molecule has 1 amide bonds. The van der Waals surface area contributed by atoms with E-state index in [0.29, 0.717) is 30.5 Å². The van der Waals surface area contributed by atoms with E-state index < -0.39 is 0 Å². The lowest BCUT2D eigenvalue weighted by Gasteiger charge is -2.37. The molecule has 2 saturated carbocycles. The van der Waals surface area contributed by atoms with Crippen molar-refractivity contribution in [3.63, 3.8) is 0 Å². The monoisotopic (exact) mass is 329 g/mol. The van der Waals surface area contributed by atoms with Crippen LogP contribution in [0.4, 0.5) is 0 Å².